The topological polar surface area (TPSA) is 26.3 Å². The highest BCUT2D eigenvalue weighted by atomic mass is 16.6. The van der Waals surface area contributed by atoms with Crippen molar-refractivity contribution in [3.8, 4) is 0 Å². The van der Waals surface area contributed by atoms with Gasteiger partial charge in [-0.15, -0.1) is 0 Å². The maximum absolute atomic E-state index is 10.4. The first-order chi connectivity index (χ1) is 5.33. The van der Waals surface area contributed by atoms with E-state index >= 15 is 0 Å². The van der Waals surface area contributed by atoms with Gasteiger partial charge in [-0.2, -0.15) is 0 Å². The van der Waals surface area contributed by atoms with Crippen molar-refractivity contribution in [3.05, 3.63) is 0 Å². The number of unbranched alkanes of at least 4 members (excludes halogenated alkanes) is 3. The fourth-order valence-corrected chi connectivity index (χ4v) is 1.32. The lowest BCUT2D eigenvalue weighted by molar-refractivity contribution is -0.169. The zero-order valence-corrected chi connectivity index (χ0v) is 7.14. The van der Waals surface area contributed by atoms with Crippen LogP contribution in [0.15, 0.2) is 0 Å². The molecule has 0 amide bonds. The van der Waals surface area contributed by atoms with Crippen LogP contribution in [0.25, 0.3) is 0 Å². The van der Waals surface area contributed by atoms with Gasteiger partial charge >= 0.3 is 5.97 Å². The molecule has 1 aliphatic rings. The maximum atomic E-state index is 10.4. The second-order valence-electron chi connectivity index (χ2n) is 3.17. The summed E-state index contributed by atoms with van der Waals surface area (Å²) in [7, 11) is 0. The molecule has 0 bridgehead atoms. The normalized spacial score (nSPS) is 22.6. The van der Waals surface area contributed by atoms with Crippen LogP contribution in [0.3, 0.4) is 0 Å². The molecule has 0 aromatic carbocycles. The summed E-state index contributed by atoms with van der Waals surface area (Å²) in [4.78, 5) is 10.4. The van der Waals surface area contributed by atoms with Gasteiger partial charge in [-0.05, 0) is 12.8 Å². The Labute approximate surface area is 67.9 Å². The van der Waals surface area contributed by atoms with Gasteiger partial charge in [-0.25, -0.2) is 0 Å². The third-order valence-corrected chi connectivity index (χ3v) is 2.07. The smallest absolute Gasteiger partial charge is 0.309 e. The molecule has 0 spiro atoms. The van der Waals surface area contributed by atoms with Gasteiger partial charge in [0.15, 0.2) is 0 Å². The van der Waals surface area contributed by atoms with Crippen LogP contribution in [-0.2, 0) is 9.53 Å². The number of cyclic esters (lactones) is 1. The number of carbonyl (C=O) groups is 1. The summed E-state index contributed by atoms with van der Waals surface area (Å²) in [5.74, 6) is -0.0227. The fraction of sp³-hybridized carbons (Fsp3) is 0.889. The van der Waals surface area contributed by atoms with Gasteiger partial charge in [0, 0.05) is 0 Å². The van der Waals surface area contributed by atoms with Gasteiger partial charge in [-0.3, -0.25) is 4.79 Å². The van der Waals surface area contributed by atoms with Crippen LogP contribution >= 0.6 is 0 Å². The van der Waals surface area contributed by atoms with Gasteiger partial charge in [0.05, 0.1) is 6.42 Å². The van der Waals surface area contributed by atoms with Crippen molar-refractivity contribution >= 4 is 5.97 Å². The van der Waals surface area contributed by atoms with E-state index in [-0.39, 0.29) is 12.1 Å². The van der Waals surface area contributed by atoms with Crippen LogP contribution in [0.5, 0.6) is 0 Å². The van der Waals surface area contributed by atoms with Crippen molar-refractivity contribution in [2.45, 2.75) is 51.6 Å². The van der Waals surface area contributed by atoms with Crippen LogP contribution in [0.2, 0.25) is 0 Å². The predicted octanol–water partition coefficient (Wildman–Crippen LogP) is 2.27. The molecule has 0 aliphatic carbocycles. The van der Waals surface area contributed by atoms with Crippen molar-refractivity contribution in [1.29, 1.82) is 0 Å². The van der Waals surface area contributed by atoms with Crippen molar-refractivity contribution in [3.63, 3.8) is 0 Å². The van der Waals surface area contributed by atoms with E-state index in [0.717, 1.165) is 6.42 Å². The van der Waals surface area contributed by atoms with Gasteiger partial charge in [-0.1, -0.05) is 26.2 Å². The summed E-state index contributed by atoms with van der Waals surface area (Å²) >= 11 is 0. The lowest BCUT2D eigenvalue weighted by Gasteiger charge is -2.25. The molecule has 1 atom stereocenters. The van der Waals surface area contributed by atoms with E-state index in [1.807, 2.05) is 0 Å². The SMILES string of the molecule is CCCCCCC1CC(=O)O1. The monoisotopic (exact) mass is 156 g/mol. The number of esters is 1. The molecule has 1 fully saturated rings. The molecule has 0 aromatic rings. The zero-order valence-electron chi connectivity index (χ0n) is 7.14. The highest BCUT2D eigenvalue weighted by Gasteiger charge is 2.27. The van der Waals surface area contributed by atoms with Crippen molar-refractivity contribution in [2.75, 3.05) is 0 Å². The fourth-order valence-electron chi connectivity index (χ4n) is 1.32. The van der Waals surface area contributed by atoms with Crippen LogP contribution in [0.4, 0.5) is 0 Å². The van der Waals surface area contributed by atoms with Gasteiger partial charge in [0.25, 0.3) is 0 Å². The minimum atomic E-state index is -0.0227. The summed E-state index contributed by atoms with van der Waals surface area (Å²) in [6.07, 6.45) is 7.07. The zero-order chi connectivity index (χ0) is 8.10. The van der Waals surface area contributed by atoms with Crippen LogP contribution in [-0.4, -0.2) is 12.1 Å². The number of ether oxygens (including phenoxy) is 1. The van der Waals surface area contributed by atoms with E-state index in [4.69, 9.17) is 4.74 Å². The molecule has 0 N–H and O–H groups in total. The quantitative estimate of drug-likeness (QED) is 0.451. The average Bonchev–Trinajstić information content (AvgIpc) is 1.94. The van der Waals surface area contributed by atoms with Crippen molar-refractivity contribution in [1.82, 2.24) is 0 Å². The second kappa shape index (κ2) is 4.37. The van der Waals surface area contributed by atoms with Gasteiger partial charge < -0.3 is 4.74 Å². The number of hydrogen-bond donors (Lipinski definition) is 0. The Kier molecular flexibility index (Phi) is 3.40. The highest BCUT2D eigenvalue weighted by Crippen LogP contribution is 2.19. The third kappa shape index (κ3) is 2.91. The summed E-state index contributed by atoms with van der Waals surface area (Å²) < 4.78 is 4.88. The molecule has 11 heavy (non-hydrogen) atoms. The predicted molar refractivity (Wildman–Crippen MR) is 43.3 cm³/mol. The first kappa shape index (κ1) is 8.57. The van der Waals surface area contributed by atoms with E-state index in [0.29, 0.717) is 6.42 Å². The molecule has 1 aliphatic heterocycles. The first-order valence-corrected chi connectivity index (χ1v) is 4.52. The highest BCUT2D eigenvalue weighted by molar-refractivity contribution is 5.75. The number of hydrogen-bond acceptors (Lipinski definition) is 2. The Morgan fingerprint density at radius 3 is 2.73 bits per heavy atom. The molecule has 1 rings (SSSR count). The molecular formula is C9H16O2. The summed E-state index contributed by atoms with van der Waals surface area (Å²) in [5.41, 5.74) is 0. The Bertz CT molecular complexity index is 124. The summed E-state index contributed by atoms with van der Waals surface area (Å²) in [5, 5.41) is 0. The van der Waals surface area contributed by atoms with Crippen LogP contribution < -0.4 is 0 Å². The standard InChI is InChI=1S/C9H16O2/c1-2-3-4-5-6-8-7-9(10)11-8/h8H,2-7H2,1H3. The minimum Gasteiger partial charge on any atom is -0.462 e. The molecule has 2 nitrogen and oxygen atoms in total. The Morgan fingerprint density at radius 2 is 2.18 bits per heavy atom. The molecule has 2 heteroatoms. The molecule has 0 aromatic heterocycles. The molecule has 1 unspecified atom stereocenters. The minimum absolute atomic E-state index is 0.0227. The molecule has 0 radical (unpaired) electrons. The van der Waals surface area contributed by atoms with Gasteiger partial charge in [0.1, 0.15) is 6.10 Å². The van der Waals surface area contributed by atoms with E-state index < -0.39 is 0 Å². The van der Waals surface area contributed by atoms with Crippen LogP contribution in [0, 0.1) is 0 Å². The number of rotatable bonds is 5. The summed E-state index contributed by atoms with van der Waals surface area (Å²) in [6.45, 7) is 2.20. The molecule has 1 saturated heterocycles. The average molecular weight is 156 g/mol. The van der Waals surface area contributed by atoms with E-state index in [1.165, 1.54) is 25.7 Å². The van der Waals surface area contributed by atoms with E-state index in [9.17, 15) is 4.79 Å². The molecular weight excluding hydrogens is 140 g/mol. The number of carbonyl (C=O) groups excluding carboxylic acids is 1. The maximum Gasteiger partial charge on any atom is 0.309 e. The molecule has 1 heterocycles. The Balaban J connectivity index is 1.85. The Hall–Kier alpha value is -0.530. The molecule has 0 saturated carbocycles. The van der Waals surface area contributed by atoms with Crippen molar-refractivity contribution < 1.29 is 9.53 Å². The largest absolute Gasteiger partial charge is 0.462 e. The Morgan fingerprint density at radius 1 is 1.45 bits per heavy atom. The van der Waals surface area contributed by atoms with Gasteiger partial charge in [0.2, 0.25) is 0 Å². The first-order valence-electron chi connectivity index (χ1n) is 4.52. The lowest BCUT2D eigenvalue weighted by Crippen LogP contribution is -2.32. The van der Waals surface area contributed by atoms with E-state index in [2.05, 4.69) is 6.92 Å². The van der Waals surface area contributed by atoms with Crippen molar-refractivity contribution in [2.24, 2.45) is 0 Å². The van der Waals surface area contributed by atoms with Crippen LogP contribution in [0.1, 0.15) is 45.4 Å². The molecule has 64 valence electrons. The summed E-state index contributed by atoms with van der Waals surface area (Å²) in [6, 6.07) is 0. The van der Waals surface area contributed by atoms with E-state index in [1.54, 1.807) is 0 Å². The third-order valence-electron chi connectivity index (χ3n) is 2.07. The lowest BCUT2D eigenvalue weighted by atomic mass is 10.0. The second-order valence-corrected chi connectivity index (χ2v) is 3.17.